The third-order valence-electron chi connectivity index (χ3n) is 3.31. The van der Waals surface area contributed by atoms with Crippen molar-refractivity contribution in [3.63, 3.8) is 0 Å². The van der Waals surface area contributed by atoms with Crippen LogP contribution in [0.3, 0.4) is 0 Å². The van der Waals surface area contributed by atoms with E-state index in [0.29, 0.717) is 6.54 Å². The number of carbonyl (C=O) groups excluding carboxylic acids is 1. The molecule has 0 aromatic heterocycles. The average molecular weight is 267 g/mol. The van der Waals surface area contributed by atoms with Gasteiger partial charge in [-0.15, -0.1) is 0 Å². The second-order valence-corrected chi connectivity index (χ2v) is 4.88. The van der Waals surface area contributed by atoms with Crippen molar-refractivity contribution in [3.8, 4) is 0 Å². The molecule has 1 fully saturated rings. The molecule has 1 aliphatic heterocycles. The topological polar surface area (TPSA) is 58.4 Å². The van der Waals surface area contributed by atoms with Crippen molar-refractivity contribution in [2.24, 2.45) is 5.73 Å². The number of likely N-dealkylation sites (tertiary alicyclic amines) is 1. The summed E-state index contributed by atoms with van der Waals surface area (Å²) in [6.07, 6.45) is -2.84. The molecule has 0 bridgehead atoms. The Morgan fingerprint density at radius 3 is 2.67 bits per heavy atom. The summed E-state index contributed by atoms with van der Waals surface area (Å²) in [5.41, 5.74) is 5.80. The van der Waals surface area contributed by atoms with Crippen LogP contribution in [0.1, 0.15) is 26.7 Å². The number of rotatable bonds is 3. The standard InChI is InChI=1S/C11H20F3N3O/c1-7-5-9(15)3-4-17(7)8(2)10(18)16-6-11(12,13)14/h7-9H,3-6,15H2,1-2H3,(H,16,18). The van der Waals surface area contributed by atoms with Gasteiger partial charge in [0.05, 0.1) is 6.04 Å². The molecule has 7 heteroatoms. The van der Waals surface area contributed by atoms with Gasteiger partial charge in [-0.1, -0.05) is 0 Å². The molecule has 1 amide bonds. The van der Waals surface area contributed by atoms with E-state index in [1.54, 1.807) is 6.92 Å². The highest BCUT2D eigenvalue weighted by Gasteiger charge is 2.33. The molecule has 18 heavy (non-hydrogen) atoms. The summed E-state index contributed by atoms with van der Waals surface area (Å²) in [4.78, 5) is 13.5. The van der Waals surface area contributed by atoms with E-state index >= 15 is 0 Å². The SMILES string of the molecule is CC1CC(N)CCN1C(C)C(=O)NCC(F)(F)F. The highest BCUT2D eigenvalue weighted by molar-refractivity contribution is 5.81. The Balaban J connectivity index is 2.48. The van der Waals surface area contributed by atoms with Gasteiger partial charge in [-0.25, -0.2) is 0 Å². The second-order valence-electron chi connectivity index (χ2n) is 4.88. The van der Waals surface area contributed by atoms with E-state index in [9.17, 15) is 18.0 Å². The molecule has 1 aliphatic rings. The van der Waals surface area contributed by atoms with Gasteiger partial charge in [-0.05, 0) is 26.7 Å². The van der Waals surface area contributed by atoms with Crippen molar-refractivity contribution in [1.82, 2.24) is 10.2 Å². The first-order valence-electron chi connectivity index (χ1n) is 6.06. The number of nitrogens with one attached hydrogen (secondary N) is 1. The van der Waals surface area contributed by atoms with Crippen LogP contribution in [-0.2, 0) is 4.79 Å². The van der Waals surface area contributed by atoms with E-state index in [-0.39, 0.29) is 12.1 Å². The molecule has 1 rings (SSSR count). The lowest BCUT2D eigenvalue weighted by molar-refractivity contribution is -0.142. The molecule has 0 radical (unpaired) electrons. The fourth-order valence-electron chi connectivity index (χ4n) is 2.29. The van der Waals surface area contributed by atoms with Crippen LogP contribution in [0.15, 0.2) is 0 Å². The molecule has 0 saturated carbocycles. The zero-order valence-corrected chi connectivity index (χ0v) is 10.6. The van der Waals surface area contributed by atoms with Gasteiger partial charge in [0.2, 0.25) is 5.91 Å². The van der Waals surface area contributed by atoms with E-state index in [1.165, 1.54) is 0 Å². The Morgan fingerprint density at radius 2 is 2.17 bits per heavy atom. The van der Waals surface area contributed by atoms with E-state index in [4.69, 9.17) is 5.73 Å². The van der Waals surface area contributed by atoms with Crippen LogP contribution in [0.4, 0.5) is 13.2 Å². The predicted octanol–water partition coefficient (Wildman–Crippen LogP) is 0.865. The summed E-state index contributed by atoms with van der Waals surface area (Å²) in [6.45, 7) is 2.92. The molecular formula is C11H20F3N3O. The Kier molecular flexibility index (Phi) is 4.98. The number of hydrogen-bond acceptors (Lipinski definition) is 3. The monoisotopic (exact) mass is 267 g/mol. The highest BCUT2D eigenvalue weighted by atomic mass is 19.4. The van der Waals surface area contributed by atoms with Gasteiger partial charge in [-0.3, -0.25) is 9.69 Å². The first-order valence-corrected chi connectivity index (χ1v) is 6.06. The van der Waals surface area contributed by atoms with Crippen LogP contribution in [0.25, 0.3) is 0 Å². The fraction of sp³-hybridized carbons (Fsp3) is 0.909. The highest BCUT2D eigenvalue weighted by Crippen LogP contribution is 2.19. The summed E-state index contributed by atoms with van der Waals surface area (Å²) in [6, 6.07) is -0.336. The quantitative estimate of drug-likeness (QED) is 0.797. The van der Waals surface area contributed by atoms with Gasteiger partial charge in [-0.2, -0.15) is 13.2 Å². The molecule has 1 heterocycles. The zero-order valence-electron chi connectivity index (χ0n) is 10.6. The van der Waals surface area contributed by atoms with Crippen LogP contribution >= 0.6 is 0 Å². The molecule has 106 valence electrons. The van der Waals surface area contributed by atoms with E-state index in [0.717, 1.165) is 12.8 Å². The van der Waals surface area contributed by atoms with Crippen LogP contribution in [0, 0.1) is 0 Å². The number of alkyl halides is 3. The molecule has 0 spiro atoms. The predicted molar refractivity (Wildman–Crippen MR) is 61.9 cm³/mol. The van der Waals surface area contributed by atoms with Crippen molar-refractivity contribution < 1.29 is 18.0 Å². The smallest absolute Gasteiger partial charge is 0.346 e. The fourth-order valence-corrected chi connectivity index (χ4v) is 2.29. The summed E-state index contributed by atoms with van der Waals surface area (Å²) < 4.78 is 36.0. The maximum Gasteiger partial charge on any atom is 0.405 e. The van der Waals surface area contributed by atoms with Crippen LogP contribution in [0.5, 0.6) is 0 Å². The summed E-state index contributed by atoms with van der Waals surface area (Å²) in [5, 5.41) is 1.91. The molecule has 1 saturated heterocycles. The van der Waals surface area contributed by atoms with Gasteiger partial charge in [0, 0.05) is 18.6 Å². The number of amides is 1. The minimum atomic E-state index is -4.37. The van der Waals surface area contributed by atoms with Crippen molar-refractivity contribution in [1.29, 1.82) is 0 Å². The summed E-state index contributed by atoms with van der Waals surface area (Å²) in [7, 11) is 0. The maximum atomic E-state index is 12.0. The van der Waals surface area contributed by atoms with Crippen LogP contribution in [0.2, 0.25) is 0 Å². The number of hydrogen-bond donors (Lipinski definition) is 2. The summed E-state index contributed by atoms with van der Waals surface area (Å²) >= 11 is 0. The van der Waals surface area contributed by atoms with Gasteiger partial charge < -0.3 is 11.1 Å². The van der Waals surface area contributed by atoms with Crippen molar-refractivity contribution in [3.05, 3.63) is 0 Å². The largest absolute Gasteiger partial charge is 0.405 e. The lowest BCUT2D eigenvalue weighted by Crippen LogP contribution is -2.54. The van der Waals surface area contributed by atoms with Crippen molar-refractivity contribution in [2.45, 2.75) is 51.0 Å². The number of nitrogens with two attached hydrogens (primary N) is 1. The average Bonchev–Trinajstić information content (AvgIpc) is 2.24. The van der Waals surface area contributed by atoms with Gasteiger partial charge in [0.15, 0.2) is 0 Å². The van der Waals surface area contributed by atoms with Crippen LogP contribution in [-0.4, -0.2) is 48.2 Å². The molecule has 0 aromatic rings. The van der Waals surface area contributed by atoms with E-state index in [2.05, 4.69) is 0 Å². The molecule has 3 atom stereocenters. The molecular weight excluding hydrogens is 247 g/mol. The van der Waals surface area contributed by atoms with E-state index in [1.807, 2.05) is 17.1 Å². The maximum absolute atomic E-state index is 12.0. The molecule has 4 nitrogen and oxygen atoms in total. The number of carbonyl (C=O) groups is 1. The lowest BCUT2D eigenvalue weighted by Gasteiger charge is -2.39. The van der Waals surface area contributed by atoms with Gasteiger partial charge in [0.25, 0.3) is 0 Å². The first kappa shape index (κ1) is 15.2. The zero-order chi connectivity index (χ0) is 13.9. The first-order chi connectivity index (χ1) is 8.20. The van der Waals surface area contributed by atoms with Crippen LogP contribution < -0.4 is 11.1 Å². The third-order valence-corrected chi connectivity index (χ3v) is 3.31. The molecule has 0 aliphatic carbocycles. The minimum absolute atomic E-state index is 0.111. The second kappa shape index (κ2) is 5.88. The Hall–Kier alpha value is -0.820. The number of piperidine rings is 1. The van der Waals surface area contributed by atoms with Crippen molar-refractivity contribution >= 4 is 5.91 Å². The van der Waals surface area contributed by atoms with Gasteiger partial charge >= 0.3 is 6.18 Å². The number of nitrogens with zero attached hydrogens (tertiary/aromatic N) is 1. The number of halogens is 3. The minimum Gasteiger partial charge on any atom is -0.346 e. The third kappa shape index (κ3) is 4.45. The Labute approximate surface area is 105 Å². The van der Waals surface area contributed by atoms with Gasteiger partial charge in [0.1, 0.15) is 6.54 Å². The summed E-state index contributed by atoms with van der Waals surface area (Å²) in [5.74, 6) is -0.588. The molecule has 0 aromatic carbocycles. The molecule has 3 unspecified atom stereocenters. The van der Waals surface area contributed by atoms with E-state index < -0.39 is 24.7 Å². The van der Waals surface area contributed by atoms with Crippen molar-refractivity contribution in [2.75, 3.05) is 13.1 Å². The normalized spacial score (nSPS) is 27.9. The lowest BCUT2D eigenvalue weighted by atomic mass is 9.97. The molecule has 3 N–H and O–H groups in total. The Bertz CT molecular complexity index is 296. The Morgan fingerprint density at radius 1 is 1.56 bits per heavy atom.